The molecule has 1 unspecified atom stereocenters. The van der Waals surface area contributed by atoms with Crippen LogP contribution >= 0.6 is 11.8 Å². The first-order chi connectivity index (χ1) is 10.2. The summed E-state index contributed by atoms with van der Waals surface area (Å²) in [7, 11) is 0. The fourth-order valence-corrected chi connectivity index (χ4v) is 3.53. The molecule has 5 nitrogen and oxygen atoms in total. The van der Waals surface area contributed by atoms with E-state index in [9.17, 15) is 4.79 Å². The van der Waals surface area contributed by atoms with Gasteiger partial charge in [-0.1, -0.05) is 35.8 Å². The lowest BCUT2D eigenvalue weighted by atomic mass is 10.1. The van der Waals surface area contributed by atoms with Crippen molar-refractivity contribution in [3.05, 3.63) is 35.4 Å². The molecule has 0 aromatic heterocycles. The van der Waals surface area contributed by atoms with Gasteiger partial charge in [0.25, 0.3) is 0 Å². The van der Waals surface area contributed by atoms with Gasteiger partial charge in [0.15, 0.2) is 5.84 Å². The summed E-state index contributed by atoms with van der Waals surface area (Å²) in [6, 6.07) is 7.13. The van der Waals surface area contributed by atoms with Crippen LogP contribution in [0, 0.1) is 0 Å². The molecule has 0 saturated carbocycles. The Hall–Kier alpha value is -1.69. The van der Waals surface area contributed by atoms with Crippen LogP contribution in [-0.2, 0) is 11.2 Å². The standard InChI is InChI=1S/C15H21N3O2S/c16-15(18-20)12-6-4-11(5-7-12)9-14(19)17-10-13-3-1-2-8-21-13/h4-7,13,20H,1-3,8-10H2,(H2,16,18)(H,17,19). The van der Waals surface area contributed by atoms with Gasteiger partial charge in [-0.2, -0.15) is 11.8 Å². The van der Waals surface area contributed by atoms with Gasteiger partial charge in [0.1, 0.15) is 0 Å². The van der Waals surface area contributed by atoms with Crippen LogP contribution in [0.25, 0.3) is 0 Å². The van der Waals surface area contributed by atoms with Crippen molar-refractivity contribution in [2.75, 3.05) is 12.3 Å². The number of nitrogens with one attached hydrogen (secondary N) is 1. The molecule has 114 valence electrons. The lowest BCUT2D eigenvalue weighted by Crippen LogP contribution is -2.32. The molecule has 0 radical (unpaired) electrons. The number of thioether (sulfide) groups is 1. The van der Waals surface area contributed by atoms with E-state index in [-0.39, 0.29) is 11.7 Å². The van der Waals surface area contributed by atoms with Crippen molar-refractivity contribution in [1.29, 1.82) is 0 Å². The quantitative estimate of drug-likeness (QED) is 0.334. The Morgan fingerprint density at radius 2 is 2.14 bits per heavy atom. The molecule has 1 fully saturated rings. The maximum absolute atomic E-state index is 11.9. The Kier molecular flexibility index (Phi) is 5.92. The molecule has 1 atom stereocenters. The largest absolute Gasteiger partial charge is 0.409 e. The van der Waals surface area contributed by atoms with E-state index in [0.717, 1.165) is 12.1 Å². The van der Waals surface area contributed by atoms with Crippen molar-refractivity contribution in [1.82, 2.24) is 5.32 Å². The summed E-state index contributed by atoms with van der Waals surface area (Å²) in [4.78, 5) is 11.9. The number of amides is 1. The number of carbonyl (C=O) groups excluding carboxylic acids is 1. The van der Waals surface area contributed by atoms with Gasteiger partial charge in [-0.3, -0.25) is 4.79 Å². The average molecular weight is 307 g/mol. The normalized spacial score (nSPS) is 19.2. The van der Waals surface area contributed by atoms with Crippen LogP contribution in [0.4, 0.5) is 0 Å². The Labute approximate surface area is 129 Å². The zero-order chi connectivity index (χ0) is 15.1. The Morgan fingerprint density at radius 1 is 1.38 bits per heavy atom. The number of hydrogen-bond donors (Lipinski definition) is 3. The minimum Gasteiger partial charge on any atom is -0.409 e. The number of benzene rings is 1. The first-order valence-corrected chi connectivity index (χ1v) is 8.19. The van der Waals surface area contributed by atoms with E-state index in [4.69, 9.17) is 10.9 Å². The lowest BCUT2D eigenvalue weighted by molar-refractivity contribution is -0.120. The van der Waals surface area contributed by atoms with E-state index in [0.29, 0.717) is 17.2 Å². The number of amidine groups is 1. The van der Waals surface area contributed by atoms with Gasteiger partial charge in [0, 0.05) is 17.4 Å². The summed E-state index contributed by atoms with van der Waals surface area (Å²) < 4.78 is 0. The molecule has 2 rings (SSSR count). The minimum absolute atomic E-state index is 0.0396. The molecule has 0 spiro atoms. The molecule has 1 aromatic rings. The molecule has 1 saturated heterocycles. The average Bonchev–Trinajstić information content (AvgIpc) is 2.54. The van der Waals surface area contributed by atoms with Gasteiger partial charge in [-0.25, -0.2) is 0 Å². The zero-order valence-electron chi connectivity index (χ0n) is 11.9. The SMILES string of the molecule is N/C(=N/O)c1ccc(CC(=O)NCC2CCCCS2)cc1. The van der Waals surface area contributed by atoms with Crippen LogP contribution in [0.1, 0.15) is 30.4 Å². The molecule has 1 heterocycles. The van der Waals surface area contributed by atoms with Crippen molar-refractivity contribution in [3.63, 3.8) is 0 Å². The maximum Gasteiger partial charge on any atom is 0.224 e. The third-order valence-corrected chi connectivity index (χ3v) is 4.92. The van der Waals surface area contributed by atoms with Crippen molar-refractivity contribution in [2.45, 2.75) is 30.9 Å². The first-order valence-electron chi connectivity index (χ1n) is 7.14. The molecule has 0 aliphatic carbocycles. The molecule has 6 heteroatoms. The van der Waals surface area contributed by atoms with Gasteiger partial charge in [0.2, 0.25) is 5.91 Å². The van der Waals surface area contributed by atoms with Crippen LogP contribution in [0.2, 0.25) is 0 Å². The molecule has 1 aliphatic rings. The topological polar surface area (TPSA) is 87.7 Å². The van der Waals surface area contributed by atoms with Crippen molar-refractivity contribution in [3.8, 4) is 0 Å². The summed E-state index contributed by atoms with van der Waals surface area (Å²) in [5, 5.41) is 15.1. The van der Waals surface area contributed by atoms with E-state index in [1.807, 2.05) is 23.9 Å². The van der Waals surface area contributed by atoms with Gasteiger partial charge >= 0.3 is 0 Å². The van der Waals surface area contributed by atoms with E-state index >= 15 is 0 Å². The monoisotopic (exact) mass is 307 g/mol. The van der Waals surface area contributed by atoms with Crippen molar-refractivity contribution >= 4 is 23.5 Å². The highest BCUT2D eigenvalue weighted by Crippen LogP contribution is 2.24. The van der Waals surface area contributed by atoms with E-state index in [2.05, 4.69) is 10.5 Å². The fraction of sp³-hybridized carbons (Fsp3) is 0.467. The predicted octanol–water partition coefficient (Wildman–Crippen LogP) is 1.73. The number of nitrogens with zero attached hydrogens (tertiary/aromatic N) is 1. The number of rotatable bonds is 5. The lowest BCUT2D eigenvalue weighted by Gasteiger charge is -2.21. The third kappa shape index (κ3) is 4.97. The highest BCUT2D eigenvalue weighted by Gasteiger charge is 2.14. The van der Waals surface area contributed by atoms with E-state index in [1.54, 1.807) is 12.1 Å². The summed E-state index contributed by atoms with van der Waals surface area (Å²) in [6.07, 6.45) is 4.11. The van der Waals surface area contributed by atoms with Gasteiger partial charge in [-0.05, 0) is 24.2 Å². The maximum atomic E-state index is 11.9. The fourth-order valence-electron chi connectivity index (χ4n) is 2.30. The van der Waals surface area contributed by atoms with E-state index in [1.165, 1.54) is 25.0 Å². The van der Waals surface area contributed by atoms with E-state index < -0.39 is 0 Å². The van der Waals surface area contributed by atoms with Crippen LogP contribution in [0.5, 0.6) is 0 Å². The molecular formula is C15H21N3O2S. The molecule has 1 aliphatic heterocycles. The smallest absolute Gasteiger partial charge is 0.224 e. The molecule has 21 heavy (non-hydrogen) atoms. The van der Waals surface area contributed by atoms with Crippen LogP contribution in [0.3, 0.4) is 0 Å². The summed E-state index contributed by atoms with van der Waals surface area (Å²) in [5.41, 5.74) is 7.05. The molecule has 4 N–H and O–H groups in total. The third-order valence-electron chi connectivity index (χ3n) is 3.52. The number of carbonyl (C=O) groups is 1. The zero-order valence-corrected chi connectivity index (χ0v) is 12.7. The Balaban J connectivity index is 1.79. The Morgan fingerprint density at radius 3 is 2.76 bits per heavy atom. The summed E-state index contributed by atoms with van der Waals surface area (Å²) in [5.74, 6) is 1.31. The number of nitrogens with two attached hydrogens (primary N) is 1. The molecular weight excluding hydrogens is 286 g/mol. The minimum atomic E-state index is 0.0396. The predicted molar refractivity (Wildman–Crippen MR) is 85.8 cm³/mol. The van der Waals surface area contributed by atoms with Gasteiger partial charge < -0.3 is 16.3 Å². The molecule has 1 aromatic carbocycles. The van der Waals surface area contributed by atoms with Crippen LogP contribution < -0.4 is 11.1 Å². The second kappa shape index (κ2) is 7.93. The number of oxime groups is 1. The van der Waals surface area contributed by atoms with Crippen LogP contribution in [0.15, 0.2) is 29.4 Å². The molecule has 1 amide bonds. The Bertz CT molecular complexity index is 496. The molecule has 0 bridgehead atoms. The number of hydrogen-bond acceptors (Lipinski definition) is 4. The summed E-state index contributed by atoms with van der Waals surface area (Å²) in [6.45, 7) is 0.756. The van der Waals surface area contributed by atoms with Crippen LogP contribution in [-0.4, -0.2) is 34.5 Å². The van der Waals surface area contributed by atoms with Gasteiger partial charge in [-0.15, -0.1) is 0 Å². The van der Waals surface area contributed by atoms with Crippen molar-refractivity contribution in [2.24, 2.45) is 10.9 Å². The second-order valence-electron chi connectivity index (χ2n) is 5.15. The highest BCUT2D eigenvalue weighted by molar-refractivity contribution is 7.99. The first kappa shape index (κ1) is 15.7. The second-order valence-corrected chi connectivity index (χ2v) is 6.56. The van der Waals surface area contributed by atoms with Crippen molar-refractivity contribution < 1.29 is 10.0 Å². The highest BCUT2D eigenvalue weighted by atomic mass is 32.2. The summed E-state index contributed by atoms with van der Waals surface area (Å²) >= 11 is 1.95. The van der Waals surface area contributed by atoms with Gasteiger partial charge in [0.05, 0.1) is 6.42 Å².